The molecular weight excluding hydrogens is 1050 g/mol. The molecule has 8 aromatic carbocycles. The minimum Gasteiger partial charge on any atom is -0.275 e. The standard InChI is InChI=1S/C36H20BF10Si.C17H15.C8H13.Zr/c1-3-18-22(25-29(40)33(44)36(47)34(45)30(25)41)23-20(26(18)37-48(2)17-12-8-5-9-13-17)15-14-19(21(23)16-10-6-4-7-11-16)24-27(38)31(42)35(46)32(43)28(24)39;1-2-13-11-15-9-6-10-16(17(15)12-13)14-7-4-3-5-8-14;1-5-7(3)8(4)6-2;/h4-15H,3H2,1-2H3;3-12H,2H2,1H3;5H,1-4H3;/q;2*-1;+2. The molecule has 0 unspecified atom stereocenters. The molecule has 373 valence electrons. The first-order valence-electron chi connectivity index (χ1n) is 23.5. The molecule has 9 rings (SSSR count). The zero-order valence-electron chi connectivity index (χ0n) is 41.6. The number of halogens is 10. The van der Waals surface area contributed by atoms with Gasteiger partial charge in [0.2, 0.25) is 0 Å². The van der Waals surface area contributed by atoms with Crippen molar-refractivity contribution < 1.29 is 70.1 Å². The molecule has 0 spiro atoms. The van der Waals surface area contributed by atoms with Gasteiger partial charge in [0.25, 0.3) is 0 Å². The van der Waals surface area contributed by atoms with Gasteiger partial charge in [0.1, 0.15) is 0 Å². The van der Waals surface area contributed by atoms with Crippen LogP contribution >= 0.6 is 0 Å². The number of hydrogen-bond donors (Lipinski definition) is 0. The van der Waals surface area contributed by atoms with Gasteiger partial charge in [-0.25, -0.2) is 11.1 Å². The maximum absolute atomic E-state index is 15.7. The van der Waals surface area contributed by atoms with Crippen LogP contribution in [0.25, 0.3) is 49.7 Å². The van der Waals surface area contributed by atoms with E-state index in [4.69, 9.17) is 0 Å². The molecule has 0 heterocycles. The predicted molar refractivity (Wildman–Crippen MR) is 279 cm³/mol. The van der Waals surface area contributed by atoms with Gasteiger partial charge in [-0.2, -0.15) is 12.1 Å². The number of allylic oxidation sites excluding steroid dienone is 5. The second kappa shape index (κ2) is 24.8. The fourth-order valence-corrected chi connectivity index (χ4v) is 10.6. The summed E-state index contributed by atoms with van der Waals surface area (Å²) in [4.78, 5) is 0. The summed E-state index contributed by atoms with van der Waals surface area (Å²) < 4.78 is 149. The van der Waals surface area contributed by atoms with E-state index >= 15 is 17.6 Å². The molecule has 74 heavy (non-hydrogen) atoms. The van der Waals surface area contributed by atoms with E-state index in [0.29, 0.717) is 5.46 Å². The molecule has 13 heteroatoms. The summed E-state index contributed by atoms with van der Waals surface area (Å²) in [6, 6.07) is 40.7. The Hall–Kier alpha value is -6.30. The number of aryl methyl sites for hydroxylation is 1. The first-order valence-corrected chi connectivity index (χ1v) is 25.6. The van der Waals surface area contributed by atoms with Crippen molar-refractivity contribution in [3.8, 4) is 33.4 Å². The third-order valence-electron chi connectivity index (χ3n) is 13.0. The van der Waals surface area contributed by atoms with Crippen LogP contribution in [-0.2, 0) is 32.6 Å². The maximum Gasteiger partial charge on any atom is 2.00 e. The third-order valence-corrected chi connectivity index (χ3v) is 15.0. The van der Waals surface area contributed by atoms with Crippen molar-refractivity contribution in [1.29, 1.82) is 0 Å². The van der Waals surface area contributed by atoms with Gasteiger partial charge >= 0.3 is 297 Å². The summed E-state index contributed by atoms with van der Waals surface area (Å²) in [5.74, 6) is -22.3. The Morgan fingerprint density at radius 2 is 1.03 bits per heavy atom. The molecule has 0 N–H and O–H groups in total. The monoisotopic (exact) mass is 1100 g/mol. The molecule has 0 atom stereocenters. The van der Waals surface area contributed by atoms with Crippen LogP contribution in [0, 0.1) is 64.2 Å². The normalized spacial score (nSPS) is 12.8. The summed E-state index contributed by atoms with van der Waals surface area (Å²) in [7, 11) is -1.60. The van der Waals surface area contributed by atoms with Gasteiger partial charge in [-0.1, -0.05) is 62.7 Å². The van der Waals surface area contributed by atoms with Gasteiger partial charge in [0.05, 0.1) is 0 Å². The van der Waals surface area contributed by atoms with Crippen LogP contribution in [0.2, 0.25) is 6.55 Å². The molecule has 0 amide bonds. The van der Waals surface area contributed by atoms with E-state index in [9.17, 15) is 26.3 Å². The molecule has 1 aliphatic rings. The van der Waals surface area contributed by atoms with Crippen LogP contribution in [-0.4, -0.2) is 20.6 Å². The Balaban J connectivity index is 0.000000280. The minimum atomic E-state index is -2.39. The second-order valence-electron chi connectivity index (χ2n) is 17.2. The maximum atomic E-state index is 15.7. The van der Waals surface area contributed by atoms with Crippen LogP contribution in [0.1, 0.15) is 70.2 Å². The molecule has 8 aromatic rings. The molecule has 0 bridgehead atoms. The van der Waals surface area contributed by atoms with Crippen molar-refractivity contribution >= 4 is 42.2 Å². The smallest absolute Gasteiger partial charge is 0.275 e. The van der Waals surface area contributed by atoms with Gasteiger partial charge in [0, 0.05) is 0 Å². The first-order chi connectivity index (χ1) is 35.0. The zero-order chi connectivity index (χ0) is 52.8. The molecule has 0 saturated heterocycles. The topological polar surface area (TPSA) is 0 Å². The van der Waals surface area contributed by atoms with Gasteiger partial charge in [-0.05, 0) is 12.0 Å². The molecule has 1 aliphatic carbocycles. The fraction of sp³-hybridized carbons (Fsp3) is 0.148. The first kappa shape index (κ1) is 57.0. The van der Waals surface area contributed by atoms with Gasteiger partial charge in [-0.3, -0.25) is 6.08 Å². The summed E-state index contributed by atoms with van der Waals surface area (Å²) in [6.07, 6.45) is 6.24. The molecule has 0 aliphatic heterocycles. The van der Waals surface area contributed by atoms with E-state index < -0.39 is 89.1 Å². The average Bonchev–Trinajstić information content (AvgIpc) is 4.00. The van der Waals surface area contributed by atoms with Crippen LogP contribution in [0.5, 0.6) is 0 Å². The average molecular weight is 1100 g/mol. The van der Waals surface area contributed by atoms with Gasteiger partial charge in [0.15, 0.2) is 0 Å². The SMILES string of the molecule is CCC1=C(c2c(F)c(F)c(F)c(F)c2F)c2c(ccc(-c3c(F)c(F)c(F)c(F)c3F)c2-c2ccccc2)C1=B[Si](C)c1ccccc1.CCc1cc2c(-c3ccccc3)cccc2[cH-]1.C[C-]=C(C)C(C)=CC.[Zr+2]. The quantitative estimate of drug-likeness (QED) is 0.0337. The summed E-state index contributed by atoms with van der Waals surface area (Å²) in [6.45, 7) is 15.7. The number of hydrogen-bond acceptors (Lipinski definition) is 0. The van der Waals surface area contributed by atoms with E-state index in [1.54, 1.807) is 13.0 Å². The molecule has 0 aromatic heterocycles. The van der Waals surface area contributed by atoms with Gasteiger partial charge < -0.3 is 0 Å². The van der Waals surface area contributed by atoms with Crippen molar-refractivity contribution in [1.82, 2.24) is 0 Å². The number of benzene rings is 7. The van der Waals surface area contributed by atoms with Crippen molar-refractivity contribution in [2.45, 2.75) is 60.9 Å². The van der Waals surface area contributed by atoms with E-state index in [1.165, 1.54) is 68.9 Å². The Bertz CT molecular complexity index is 3400. The van der Waals surface area contributed by atoms with Crippen LogP contribution < -0.4 is 5.19 Å². The predicted octanol–water partition coefficient (Wildman–Crippen LogP) is 16.9. The van der Waals surface area contributed by atoms with E-state index in [1.807, 2.05) is 57.2 Å². The Kier molecular flexibility index (Phi) is 19.1. The molecule has 1 radical (unpaired) electrons. The number of fused-ring (bicyclic) bond motifs is 2. The van der Waals surface area contributed by atoms with Crippen LogP contribution in [0.3, 0.4) is 0 Å². The minimum absolute atomic E-state index is 0. The molecule has 0 nitrogen and oxygen atoms in total. The molecular formula is C61H48BF10SiZr. The fourth-order valence-electron chi connectivity index (χ4n) is 8.91. The second-order valence-corrected chi connectivity index (χ2v) is 19.5. The van der Waals surface area contributed by atoms with E-state index in [0.717, 1.165) is 17.7 Å². The van der Waals surface area contributed by atoms with Crippen LogP contribution in [0.15, 0.2) is 156 Å². The summed E-state index contributed by atoms with van der Waals surface area (Å²) >= 11 is 0. The molecule has 0 fully saturated rings. The largest absolute Gasteiger partial charge is 2.00 e. The van der Waals surface area contributed by atoms with Crippen LogP contribution in [0.4, 0.5) is 43.9 Å². The van der Waals surface area contributed by atoms with Crippen molar-refractivity contribution in [3.63, 3.8) is 0 Å². The van der Waals surface area contributed by atoms with Crippen molar-refractivity contribution in [2.24, 2.45) is 0 Å². The van der Waals surface area contributed by atoms with Crippen molar-refractivity contribution in [2.75, 3.05) is 0 Å². The third kappa shape index (κ3) is 11.2. The summed E-state index contributed by atoms with van der Waals surface area (Å²) in [5.41, 5.74) is 3.37. The summed E-state index contributed by atoms with van der Waals surface area (Å²) in [5, 5.41) is 3.64. The zero-order valence-corrected chi connectivity index (χ0v) is 45.0. The Labute approximate surface area is 446 Å². The Morgan fingerprint density at radius 1 is 0.541 bits per heavy atom. The Morgan fingerprint density at radius 3 is 1.51 bits per heavy atom. The molecule has 0 saturated carbocycles. The van der Waals surface area contributed by atoms with Gasteiger partial charge in [-0.15, -0.1) is 48.4 Å². The van der Waals surface area contributed by atoms with E-state index in [-0.39, 0.29) is 60.5 Å². The van der Waals surface area contributed by atoms with E-state index in [2.05, 4.69) is 93.6 Å². The van der Waals surface area contributed by atoms with Crippen molar-refractivity contribution in [3.05, 3.63) is 243 Å². The number of rotatable bonds is 9.